The lowest BCUT2D eigenvalue weighted by Gasteiger charge is -2.20. The highest BCUT2D eigenvalue weighted by atomic mass is 35.5. The lowest BCUT2D eigenvalue weighted by atomic mass is 10.1. The molecule has 1 aliphatic rings. The zero-order valence-corrected chi connectivity index (χ0v) is 13.1. The summed E-state index contributed by atoms with van der Waals surface area (Å²) >= 11 is 7.40. The van der Waals surface area contributed by atoms with Gasteiger partial charge in [0.05, 0.1) is 4.92 Å². The van der Waals surface area contributed by atoms with Crippen LogP contribution in [0.1, 0.15) is 16.4 Å². The molecule has 0 amide bonds. The Kier molecular flexibility index (Phi) is 4.32. The number of nitrogens with zero attached hydrogens (tertiary/aromatic N) is 1. The van der Waals surface area contributed by atoms with Crippen LogP contribution in [0.3, 0.4) is 0 Å². The molecule has 0 radical (unpaired) electrons. The molecule has 0 bridgehead atoms. The first-order valence-corrected chi connectivity index (χ1v) is 7.95. The molecule has 0 aliphatic carbocycles. The van der Waals surface area contributed by atoms with Crippen molar-refractivity contribution < 1.29 is 4.92 Å². The van der Waals surface area contributed by atoms with Gasteiger partial charge in [-0.05, 0) is 29.3 Å². The molecule has 1 heterocycles. The quantitative estimate of drug-likeness (QED) is 0.564. The Morgan fingerprint density at radius 1 is 1.00 bits per heavy atom. The molecular weight excluding hydrogens is 318 g/mol. The molecule has 1 aliphatic heterocycles. The maximum atomic E-state index is 11.3. The highest BCUT2D eigenvalue weighted by molar-refractivity contribution is 8.08. The van der Waals surface area contributed by atoms with Crippen molar-refractivity contribution in [2.75, 3.05) is 0 Å². The van der Waals surface area contributed by atoms with Gasteiger partial charge in [-0.25, -0.2) is 0 Å². The Balaban J connectivity index is 1.99. The van der Waals surface area contributed by atoms with Gasteiger partial charge < -0.3 is 0 Å². The minimum Gasteiger partial charge on any atom is -0.259 e. The van der Waals surface area contributed by atoms with E-state index in [0.717, 1.165) is 16.0 Å². The second-order valence-electron chi connectivity index (χ2n) is 4.80. The van der Waals surface area contributed by atoms with Crippen LogP contribution in [0.5, 0.6) is 0 Å². The number of hydrogen-bond donors (Lipinski definition) is 0. The van der Waals surface area contributed by atoms with Crippen LogP contribution in [0.15, 0.2) is 72.4 Å². The Bertz CT molecular complexity index is 754. The van der Waals surface area contributed by atoms with Crippen molar-refractivity contribution in [3.8, 4) is 0 Å². The van der Waals surface area contributed by atoms with Gasteiger partial charge in [-0.3, -0.25) is 10.1 Å². The van der Waals surface area contributed by atoms with Crippen LogP contribution in [-0.4, -0.2) is 4.92 Å². The van der Waals surface area contributed by atoms with E-state index in [4.69, 9.17) is 11.6 Å². The highest BCUT2D eigenvalue weighted by Gasteiger charge is 2.30. The Morgan fingerprint density at radius 2 is 1.68 bits per heavy atom. The number of nitro groups is 1. The van der Waals surface area contributed by atoms with Gasteiger partial charge in [-0.1, -0.05) is 54.1 Å². The van der Waals surface area contributed by atoms with E-state index in [1.54, 1.807) is 18.2 Å². The fourth-order valence-corrected chi connectivity index (χ4v) is 3.65. The monoisotopic (exact) mass is 329 g/mol. The standard InChI is InChI=1S/C17H12ClNO2S/c18-14-8-6-13(7-9-14)17-15(19(20)21)10-11-16(22-17)12-4-2-1-3-5-12/h1-11,17H. The van der Waals surface area contributed by atoms with Crippen LogP contribution >= 0.6 is 23.4 Å². The number of allylic oxidation sites excluding steroid dienone is 2. The molecule has 3 rings (SSSR count). The number of thioether (sulfide) groups is 1. The highest BCUT2D eigenvalue weighted by Crippen LogP contribution is 2.47. The van der Waals surface area contributed by atoms with Crippen molar-refractivity contribution in [1.82, 2.24) is 0 Å². The summed E-state index contributed by atoms with van der Waals surface area (Å²) in [5.41, 5.74) is 2.12. The van der Waals surface area contributed by atoms with Crippen LogP contribution in [-0.2, 0) is 0 Å². The van der Waals surface area contributed by atoms with Gasteiger partial charge in [0.15, 0.2) is 0 Å². The summed E-state index contributed by atoms with van der Waals surface area (Å²) in [7, 11) is 0. The molecule has 110 valence electrons. The predicted molar refractivity (Wildman–Crippen MR) is 91.3 cm³/mol. The summed E-state index contributed by atoms with van der Waals surface area (Å²) in [5.74, 6) is 0. The van der Waals surface area contributed by atoms with Crippen LogP contribution in [0.2, 0.25) is 5.02 Å². The third-order valence-corrected chi connectivity index (χ3v) is 4.99. The van der Waals surface area contributed by atoms with E-state index in [-0.39, 0.29) is 15.9 Å². The first-order valence-electron chi connectivity index (χ1n) is 6.69. The van der Waals surface area contributed by atoms with Crippen molar-refractivity contribution in [2.45, 2.75) is 5.25 Å². The van der Waals surface area contributed by atoms with E-state index in [0.29, 0.717) is 5.02 Å². The van der Waals surface area contributed by atoms with Gasteiger partial charge in [0.2, 0.25) is 0 Å². The maximum absolute atomic E-state index is 11.3. The summed E-state index contributed by atoms with van der Waals surface area (Å²) in [6, 6.07) is 17.1. The molecule has 1 atom stereocenters. The van der Waals surface area contributed by atoms with Crippen LogP contribution in [0, 0.1) is 10.1 Å². The molecule has 5 heteroatoms. The molecule has 1 unspecified atom stereocenters. The SMILES string of the molecule is O=[N+]([O-])C1=CC=C(c2ccccc2)SC1c1ccc(Cl)cc1. The molecule has 2 aromatic carbocycles. The number of rotatable bonds is 3. The van der Waals surface area contributed by atoms with Gasteiger partial charge >= 0.3 is 0 Å². The van der Waals surface area contributed by atoms with Gasteiger partial charge in [-0.15, -0.1) is 11.8 Å². The van der Waals surface area contributed by atoms with E-state index in [1.807, 2.05) is 48.5 Å². The first-order chi connectivity index (χ1) is 10.6. The molecule has 0 aromatic heterocycles. The van der Waals surface area contributed by atoms with Crippen molar-refractivity contribution in [3.63, 3.8) is 0 Å². The minimum atomic E-state index is -0.340. The number of halogens is 1. The maximum Gasteiger partial charge on any atom is 0.263 e. The Labute approximate surface area is 137 Å². The first kappa shape index (κ1) is 14.9. The average Bonchev–Trinajstić information content (AvgIpc) is 2.56. The molecule has 0 fully saturated rings. The molecule has 0 saturated carbocycles. The van der Waals surface area contributed by atoms with Crippen molar-refractivity contribution in [1.29, 1.82) is 0 Å². The van der Waals surface area contributed by atoms with E-state index < -0.39 is 0 Å². The molecule has 0 saturated heterocycles. The number of benzene rings is 2. The third kappa shape index (κ3) is 3.08. The van der Waals surface area contributed by atoms with E-state index >= 15 is 0 Å². The zero-order chi connectivity index (χ0) is 15.5. The van der Waals surface area contributed by atoms with E-state index in [1.165, 1.54) is 11.8 Å². The van der Waals surface area contributed by atoms with Crippen LogP contribution < -0.4 is 0 Å². The summed E-state index contributed by atoms with van der Waals surface area (Å²) in [5, 5.41) is 11.6. The molecule has 22 heavy (non-hydrogen) atoms. The zero-order valence-electron chi connectivity index (χ0n) is 11.5. The van der Waals surface area contributed by atoms with Crippen molar-refractivity contribution >= 4 is 28.3 Å². The van der Waals surface area contributed by atoms with E-state index in [9.17, 15) is 10.1 Å². The van der Waals surface area contributed by atoms with Gasteiger partial charge in [0.1, 0.15) is 5.25 Å². The average molecular weight is 330 g/mol. The Hall–Kier alpha value is -2.04. The molecular formula is C17H12ClNO2S. The lowest BCUT2D eigenvalue weighted by Crippen LogP contribution is -2.10. The minimum absolute atomic E-state index is 0.187. The summed E-state index contributed by atoms with van der Waals surface area (Å²) in [6.45, 7) is 0. The second kappa shape index (κ2) is 6.38. The summed E-state index contributed by atoms with van der Waals surface area (Å²) < 4.78 is 0. The number of hydrogen-bond acceptors (Lipinski definition) is 3. The topological polar surface area (TPSA) is 43.1 Å². The van der Waals surface area contributed by atoms with E-state index in [2.05, 4.69) is 0 Å². The van der Waals surface area contributed by atoms with Crippen molar-refractivity contribution in [2.24, 2.45) is 0 Å². The fraction of sp³-hybridized carbons (Fsp3) is 0.0588. The second-order valence-corrected chi connectivity index (χ2v) is 6.38. The lowest BCUT2D eigenvalue weighted by molar-refractivity contribution is -0.427. The van der Waals surface area contributed by atoms with Crippen LogP contribution in [0.25, 0.3) is 4.91 Å². The summed E-state index contributed by atoms with van der Waals surface area (Å²) in [6.07, 6.45) is 3.41. The van der Waals surface area contributed by atoms with Gasteiger partial charge in [0.25, 0.3) is 5.70 Å². The molecule has 0 spiro atoms. The fourth-order valence-electron chi connectivity index (χ4n) is 2.27. The smallest absolute Gasteiger partial charge is 0.259 e. The Morgan fingerprint density at radius 3 is 2.32 bits per heavy atom. The predicted octanol–water partition coefficient (Wildman–Crippen LogP) is 5.33. The van der Waals surface area contributed by atoms with Gasteiger partial charge in [-0.2, -0.15) is 0 Å². The normalized spacial score (nSPS) is 17.6. The molecule has 0 N–H and O–H groups in total. The molecule has 3 nitrogen and oxygen atoms in total. The van der Waals surface area contributed by atoms with Crippen molar-refractivity contribution in [3.05, 3.63) is 98.7 Å². The molecule has 2 aromatic rings. The third-order valence-electron chi connectivity index (χ3n) is 3.36. The van der Waals surface area contributed by atoms with Gasteiger partial charge in [0, 0.05) is 16.0 Å². The largest absolute Gasteiger partial charge is 0.263 e. The summed E-state index contributed by atoms with van der Waals surface area (Å²) in [4.78, 5) is 12.0. The van der Waals surface area contributed by atoms with Crippen LogP contribution in [0.4, 0.5) is 0 Å².